The minimum Gasteiger partial charge on any atom is -0.435 e. The minimum absolute atomic E-state index is 0.0707. The number of hydrogen-bond acceptors (Lipinski definition) is 2. The summed E-state index contributed by atoms with van der Waals surface area (Å²) in [5, 5.41) is 4.75. The number of carbonyl (C=O) groups is 1. The first-order valence-corrected chi connectivity index (χ1v) is 6.54. The van der Waals surface area contributed by atoms with E-state index in [0.29, 0.717) is 5.69 Å². The quantitative estimate of drug-likeness (QED) is 0.770. The number of anilines is 2. The molecule has 24 heavy (non-hydrogen) atoms. The van der Waals surface area contributed by atoms with Crippen LogP contribution < -0.4 is 15.4 Å². The van der Waals surface area contributed by atoms with Crippen molar-refractivity contribution >= 4 is 17.4 Å². The van der Waals surface area contributed by atoms with Gasteiger partial charge in [-0.15, -0.1) is 0 Å². The van der Waals surface area contributed by atoms with E-state index in [2.05, 4.69) is 15.4 Å². The molecule has 0 fully saturated rings. The molecular formula is C15H11F5N2O2. The van der Waals surface area contributed by atoms with Crippen molar-refractivity contribution in [1.82, 2.24) is 0 Å². The average molecular weight is 346 g/mol. The summed E-state index contributed by atoms with van der Waals surface area (Å²) < 4.78 is 65.4. The Bertz CT molecular complexity index is 685. The van der Waals surface area contributed by atoms with Gasteiger partial charge in [0, 0.05) is 11.4 Å². The third kappa shape index (κ3) is 5.11. The van der Waals surface area contributed by atoms with Crippen molar-refractivity contribution in [1.29, 1.82) is 0 Å². The highest BCUT2D eigenvalue weighted by atomic mass is 19.4. The summed E-state index contributed by atoms with van der Waals surface area (Å²) in [5.74, 6) is -0.0707. The van der Waals surface area contributed by atoms with Crippen LogP contribution in [-0.4, -0.2) is 12.6 Å². The minimum atomic E-state index is -4.46. The second kappa shape index (κ2) is 7.16. The summed E-state index contributed by atoms with van der Waals surface area (Å²) in [5.41, 5.74) is -0.373. The van der Waals surface area contributed by atoms with Crippen LogP contribution in [0.1, 0.15) is 5.56 Å². The lowest BCUT2D eigenvalue weighted by Gasteiger charge is -2.10. The summed E-state index contributed by atoms with van der Waals surface area (Å²) in [6.45, 7) is -2.95. The van der Waals surface area contributed by atoms with Crippen molar-refractivity contribution in [3.63, 3.8) is 0 Å². The van der Waals surface area contributed by atoms with Gasteiger partial charge in [-0.3, -0.25) is 0 Å². The standard InChI is InChI=1S/C15H11F5N2O2/c16-13(17)24-12-7-5-11(6-8-12)22-14(23)21-10-3-1-9(2-4-10)15(18,19)20/h1-8,13H,(H2,21,22,23). The molecule has 0 saturated heterocycles. The number of nitrogens with one attached hydrogen (secondary N) is 2. The van der Waals surface area contributed by atoms with E-state index < -0.39 is 24.4 Å². The van der Waals surface area contributed by atoms with Crippen molar-refractivity contribution in [2.45, 2.75) is 12.8 Å². The summed E-state index contributed by atoms with van der Waals surface area (Å²) in [7, 11) is 0. The van der Waals surface area contributed by atoms with Crippen LogP contribution in [0.25, 0.3) is 0 Å². The fourth-order valence-corrected chi connectivity index (χ4v) is 1.76. The zero-order valence-corrected chi connectivity index (χ0v) is 11.9. The zero-order valence-electron chi connectivity index (χ0n) is 11.9. The van der Waals surface area contributed by atoms with Gasteiger partial charge in [-0.1, -0.05) is 0 Å². The predicted octanol–water partition coefficient (Wildman–Crippen LogP) is 4.95. The molecule has 0 bridgehead atoms. The Morgan fingerprint density at radius 2 is 1.33 bits per heavy atom. The molecule has 0 heterocycles. The van der Waals surface area contributed by atoms with Gasteiger partial charge in [0.2, 0.25) is 0 Å². The highest BCUT2D eigenvalue weighted by Crippen LogP contribution is 2.29. The monoisotopic (exact) mass is 346 g/mol. The summed E-state index contributed by atoms with van der Waals surface area (Å²) in [6.07, 6.45) is -4.46. The Balaban J connectivity index is 1.93. The molecule has 0 aromatic heterocycles. The van der Waals surface area contributed by atoms with E-state index in [4.69, 9.17) is 0 Å². The normalized spacial score (nSPS) is 11.2. The molecule has 2 amide bonds. The average Bonchev–Trinajstić information content (AvgIpc) is 2.48. The maximum Gasteiger partial charge on any atom is 0.416 e. The first-order chi connectivity index (χ1) is 11.2. The van der Waals surface area contributed by atoms with E-state index in [-0.39, 0.29) is 11.4 Å². The number of hydrogen-bond donors (Lipinski definition) is 2. The van der Waals surface area contributed by atoms with Crippen molar-refractivity contribution < 1.29 is 31.5 Å². The molecule has 2 N–H and O–H groups in total. The molecule has 9 heteroatoms. The van der Waals surface area contributed by atoms with Crippen molar-refractivity contribution in [2.24, 2.45) is 0 Å². The Hall–Kier alpha value is -2.84. The Morgan fingerprint density at radius 3 is 1.75 bits per heavy atom. The van der Waals surface area contributed by atoms with Crippen LogP contribution >= 0.6 is 0 Å². The van der Waals surface area contributed by atoms with E-state index >= 15 is 0 Å². The van der Waals surface area contributed by atoms with Gasteiger partial charge >= 0.3 is 18.8 Å². The molecule has 0 unspecified atom stereocenters. The number of ether oxygens (including phenoxy) is 1. The van der Waals surface area contributed by atoms with Gasteiger partial charge in [-0.05, 0) is 48.5 Å². The molecule has 0 aliphatic rings. The van der Waals surface area contributed by atoms with Gasteiger partial charge in [-0.25, -0.2) is 4.79 Å². The molecule has 0 radical (unpaired) electrons. The third-order valence-corrected chi connectivity index (χ3v) is 2.81. The molecule has 2 aromatic rings. The summed E-state index contributed by atoms with van der Waals surface area (Å²) in [6, 6.07) is 8.35. The number of benzene rings is 2. The molecule has 0 aliphatic heterocycles. The molecular weight excluding hydrogens is 335 g/mol. The van der Waals surface area contributed by atoms with Crippen LogP contribution in [0.4, 0.5) is 38.1 Å². The van der Waals surface area contributed by atoms with Gasteiger partial charge < -0.3 is 15.4 Å². The molecule has 0 spiro atoms. The van der Waals surface area contributed by atoms with Gasteiger partial charge in [-0.2, -0.15) is 22.0 Å². The molecule has 0 aliphatic carbocycles. The number of amides is 2. The van der Waals surface area contributed by atoms with Gasteiger partial charge in [0.15, 0.2) is 0 Å². The van der Waals surface area contributed by atoms with Crippen LogP contribution in [0.3, 0.4) is 0 Å². The highest BCUT2D eigenvalue weighted by Gasteiger charge is 2.29. The number of rotatable bonds is 4. The summed E-state index contributed by atoms with van der Waals surface area (Å²) in [4.78, 5) is 11.7. The topological polar surface area (TPSA) is 50.4 Å². The Kier molecular flexibility index (Phi) is 5.22. The number of carbonyl (C=O) groups excluding carboxylic acids is 1. The van der Waals surface area contributed by atoms with E-state index in [1.807, 2.05) is 0 Å². The molecule has 2 aromatic carbocycles. The number of halogens is 5. The number of urea groups is 1. The van der Waals surface area contributed by atoms with Gasteiger partial charge in [0.05, 0.1) is 5.56 Å². The molecule has 2 rings (SSSR count). The molecule has 0 saturated carbocycles. The third-order valence-electron chi connectivity index (χ3n) is 2.81. The van der Waals surface area contributed by atoms with Gasteiger partial charge in [0.25, 0.3) is 0 Å². The van der Waals surface area contributed by atoms with Crippen molar-refractivity contribution in [3.8, 4) is 5.75 Å². The van der Waals surface area contributed by atoms with Gasteiger partial charge in [0.1, 0.15) is 5.75 Å². The molecule has 4 nitrogen and oxygen atoms in total. The lowest BCUT2D eigenvalue weighted by Crippen LogP contribution is -2.19. The van der Waals surface area contributed by atoms with E-state index in [1.165, 1.54) is 24.3 Å². The second-order valence-electron chi connectivity index (χ2n) is 4.56. The fourth-order valence-electron chi connectivity index (χ4n) is 1.76. The lowest BCUT2D eigenvalue weighted by atomic mass is 10.2. The van der Waals surface area contributed by atoms with Crippen LogP contribution in [0.2, 0.25) is 0 Å². The van der Waals surface area contributed by atoms with Crippen LogP contribution in [0, 0.1) is 0 Å². The van der Waals surface area contributed by atoms with E-state index in [9.17, 15) is 26.7 Å². The van der Waals surface area contributed by atoms with Crippen LogP contribution in [0.5, 0.6) is 5.75 Å². The van der Waals surface area contributed by atoms with Crippen LogP contribution in [-0.2, 0) is 6.18 Å². The molecule has 0 atom stereocenters. The second-order valence-corrected chi connectivity index (χ2v) is 4.56. The van der Waals surface area contributed by atoms with Crippen LogP contribution in [0.15, 0.2) is 48.5 Å². The van der Waals surface area contributed by atoms with E-state index in [0.717, 1.165) is 24.3 Å². The Labute approximate surface area is 133 Å². The van der Waals surface area contributed by atoms with E-state index in [1.54, 1.807) is 0 Å². The zero-order chi connectivity index (χ0) is 17.7. The summed E-state index contributed by atoms with van der Waals surface area (Å²) >= 11 is 0. The molecule has 128 valence electrons. The number of alkyl halides is 5. The predicted molar refractivity (Wildman–Crippen MR) is 77.2 cm³/mol. The maximum absolute atomic E-state index is 12.4. The Morgan fingerprint density at radius 1 is 0.875 bits per heavy atom. The smallest absolute Gasteiger partial charge is 0.416 e. The fraction of sp³-hybridized carbons (Fsp3) is 0.133. The first-order valence-electron chi connectivity index (χ1n) is 6.54. The maximum atomic E-state index is 12.4. The van der Waals surface area contributed by atoms with Crippen molar-refractivity contribution in [2.75, 3.05) is 10.6 Å². The lowest BCUT2D eigenvalue weighted by molar-refractivity contribution is -0.137. The highest BCUT2D eigenvalue weighted by molar-refractivity contribution is 5.99. The van der Waals surface area contributed by atoms with Crippen molar-refractivity contribution in [3.05, 3.63) is 54.1 Å². The first kappa shape index (κ1) is 17.5. The SMILES string of the molecule is O=C(Nc1ccc(OC(F)F)cc1)Nc1ccc(C(F)(F)F)cc1. The largest absolute Gasteiger partial charge is 0.435 e.